The number of nitrogens with one attached hydrogen (secondary N) is 1. The van der Waals surface area contributed by atoms with Crippen LogP contribution in [0, 0.1) is 5.92 Å². The first-order valence-corrected chi connectivity index (χ1v) is 10.7. The van der Waals surface area contributed by atoms with Gasteiger partial charge in [-0.3, -0.25) is 9.79 Å². The quantitative estimate of drug-likeness (QED) is 0.329. The molecule has 0 saturated carbocycles. The van der Waals surface area contributed by atoms with Crippen LogP contribution in [0.2, 0.25) is 0 Å². The van der Waals surface area contributed by atoms with Gasteiger partial charge in [0, 0.05) is 71.5 Å². The van der Waals surface area contributed by atoms with E-state index in [9.17, 15) is 4.79 Å². The molecule has 1 unspecified atom stereocenters. The number of halogens is 1. The Kier molecular flexibility index (Phi) is 10.6. The predicted molar refractivity (Wildman–Crippen MR) is 131 cm³/mol. The van der Waals surface area contributed by atoms with Crippen molar-refractivity contribution in [1.82, 2.24) is 20.1 Å². The van der Waals surface area contributed by atoms with Crippen molar-refractivity contribution in [2.45, 2.75) is 19.8 Å². The summed E-state index contributed by atoms with van der Waals surface area (Å²) < 4.78 is 5.28. The van der Waals surface area contributed by atoms with Crippen LogP contribution < -0.4 is 10.2 Å². The Morgan fingerprint density at radius 1 is 1.23 bits per heavy atom. The lowest BCUT2D eigenvalue weighted by molar-refractivity contribution is -0.131. The van der Waals surface area contributed by atoms with Crippen LogP contribution in [0.4, 0.5) is 5.82 Å². The standard InChI is InChI=1S/C21H34N6O2.HI/c1-3-22-21(27-11-8-18(16-27)17-29-2)24-10-7-20(28)26-14-12-25(13-15-26)19-6-4-5-9-23-19;/h4-6,9,18H,3,7-8,10-17H2,1-2H3,(H,22,24);1H. The maximum atomic E-state index is 12.6. The number of ether oxygens (including phenoxy) is 1. The largest absolute Gasteiger partial charge is 0.384 e. The van der Waals surface area contributed by atoms with E-state index in [-0.39, 0.29) is 29.9 Å². The fourth-order valence-electron chi connectivity index (χ4n) is 3.96. The number of aliphatic imine (C=N–C) groups is 1. The van der Waals surface area contributed by atoms with Gasteiger partial charge in [-0.15, -0.1) is 24.0 Å². The van der Waals surface area contributed by atoms with E-state index in [1.165, 1.54) is 0 Å². The zero-order valence-corrected chi connectivity index (χ0v) is 20.5. The number of nitrogens with zero attached hydrogens (tertiary/aromatic N) is 5. The molecule has 1 N–H and O–H groups in total. The number of pyridine rings is 1. The van der Waals surface area contributed by atoms with Gasteiger partial charge < -0.3 is 24.8 Å². The summed E-state index contributed by atoms with van der Waals surface area (Å²) in [5, 5.41) is 3.36. The molecule has 2 saturated heterocycles. The molecule has 0 bridgehead atoms. The van der Waals surface area contributed by atoms with Crippen LogP contribution in [-0.4, -0.2) is 92.7 Å². The van der Waals surface area contributed by atoms with E-state index < -0.39 is 0 Å². The highest BCUT2D eigenvalue weighted by molar-refractivity contribution is 14.0. The number of likely N-dealkylation sites (tertiary alicyclic amines) is 1. The number of piperazine rings is 1. The summed E-state index contributed by atoms with van der Waals surface area (Å²) in [6, 6.07) is 5.94. The first-order chi connectivity index (χ1) is 14.2. The minimum atomic E-state index is 0. The van der Waals surface area contributed by atoms with Crippen LogP contribution in [0.1, 0.15) is 19.8 Å². The van der Waals surface area contributed by atoms with Crippen LogP contribution in [0.25, 0.3) is 0 Å². The molecule has 2 fully saturated rings. The number of hydrogen-bond donors (Lipinski definition) is 1. The highest BCUT2D eigenvalue weighted by Gasteiger charge is 2.25. The molecule has 2 aliphatic rings. The maximum Gasteiger partial charge on any atom is 0.224 e. The van der Waals surface area contributed by atoms with Gasteiger partial charge in [-0.2, -0.15) is 0 Å². The summed E-state index contributed by atoms with van der Waals surface area (Å²) in [7, 11) is 1.75. The fourth-order valence-corrected chi connectivity index (χ4v) is 3.96. The highest BCUT2D eigenvalue weighted by Crippen LogP contribution is 2.16. The second-order valence-corrected chi connectivity index (χ2v) is 7.60. The smallest absolute Gasteiger partial charge is 0.224 e. The number of guanidine groups is 1. The molecule has 1 atom stereocenters. The van der Waals surface area contributed by atoms with Gasteiger partial charge in [-0.05, 0) is 25.5 Å². The molecule has 1 aromatic rings. The number of methoxy groups -OCH3 is 1. The van der Waals surface area contributed by atoms with Crippen molar-refractivity contribution in [1.29, 1.82) is 0 Å². The zero-order chi connectivity index (χ0) is 20.5. The molecule has 1 aromatic heterocycles. The number of amides is 1. The zero-order valence-electron chi connectivity index (χ0n) is 18.1. The predicted octanol–water partition coefficient (Wildman–Crippen LogP) is 1.67. The van der Waals surface area contributed by atoms with Crippen LogP contribution >= 0.6 is 24.0 Å². The minimum Gasteiger partial charge on any atom is -0.384 e. The number of carbonyl (C=O) groups is 1. The lowest BCUT2D eigenvalue weighted by Crippen LogP contribution is -2.49. The van der Waals surface area contributed by atoms with E-state index in [1.807, 2.05) is 29.3 Å². The third-order valence-electron chi connectivity index (χ3n) is 5.52. The van der Waals surface area contributed by atoms with Gasteiger partial charge in [0.1, 0.15) is 5.82 Å². The summed E-state index contributed by atoms with van der Waals surface area (Å²) in [4.78, 5) is 28.2. The van der Waals surface area contributed by atoms with Gasteiger partial charge in [0.15, 0.2) is 5.96 Å². The molecule has 3 heterocycles. The minimum absolute atomic E-state index is 0. The first kappa shape index (κ1) is 24.6. The first-order valence-electron chi connectivity index (χ1n) is 10.7. The molecule has 8 nitrogen and oxygen atoms in total. The molecule has 0 spiro atoms. The van der Waals surface area contributed by atoms with Crippen molar-refractivity contribution in [2.75, 3.05) is 71.0 Å². The van der Waals surface area contributed by atoms with Crippen molar-refractivity contribution in [3.8, 4) is 0 Å². The van der Waals surface area contributed by atoms with Crippen LogP contribution in [0.5, 0.6) is 0 Å². The van der Waals surface area contributed by atoms with Gasteiger partial charge in [-0.1, -0.05) is 6.07 Å². The van der Waals surface area contributed by atoms with E-state index in [2.05, 4.69) is 27.0 Å². The summed E-state index contributed by atoms with van der Waals surface area (Å²) in [6.07, 6.45) is 3.39. The summed E-state index contributed by atoms with van der Waals surface area (Å²) in [5.41, 5.74) is 0. The highest BCUT2D eigenvalue weighted by atomic mass is 127. The average molecular weight is 530 g/mol. The third kappa shape index (κ3) is 6.97. The Morgan fingerprint density at radius 2 is 2.03 bits per heavy atom. The molecule has 1 amide bonds. The molecule has 0 radical (unpaired) electrons. The van der Waals surface area contributed by atoms with Crippen molar-refractivity contribution in [3.63, 3.8) is 0 Å². The van der Waals surface area contributed by atoms with E-state index in [4.69, 9.17) is 9.73 Å². The Bertz CT molecular complexity index is 667. The maximum absolute atomic E-state index is 12.6. The molecule has 0 aromatic carbocycles. The fraction of sp³-hybridized carbons (Fsp3) is 0.667. The molecule has 168 valence electrons. The van der Waals surface area contributed by atoms with E-state index in [0.717, 1.165) is 70.6 Å². The normalized spacial score (nSPS) is 19.6. The topological polar surface area (TPSA) is 73.3 Å². The summed E-state index contributed by atoms with van der Waals surface area (Å²) in [5.74, 6) is 2.64. The van der Waals surface area contributed by atoms with Gasteiger partial charge in [0.2, 0.25) is 5.91 Å². The molecular formula is C21H35IN6O2. The van der Waals surface area contributed by atoms with E-state index >= 15 is 0 Å². The average Bonchev–Trinajstić information content (AvgIpc) is 3.22. The number of aromatic nitrogens is 1. The SMILES string of the molecule is CCNC(=NCCC(=O)N1CCN(c2ccccn2)CC1)N1CCC(COC)C1.I. The van der Waals surface area contributed by atoms with Gasteiger partial charge in [-0.25, -0.2) is 4.98 Å². The monoisotopic (exact) mass is 530 g/mol. The van der Waals surface area contributed by atoms with Gasteiger partial charge in [0.25, 0.3) is 0 Å². The Morgan fingerprint density at radius 3 is 2.70 bits per heavy atom. The van der Waals surface area contributed by atoms with Crippen molar-refractivity contribution < 1.29 is 9.53 Å². The third-order valence-corrected chi connectivity index (χ3v) is 5.52. The number of hydrogen-bond acceptors (Lipinski definition) is 5. The van der Waals surface area contributed by atoms with Crippen LogP contribution in [0.3, 0.4) is 0 Å². The van der Waals surface area contributed by atoms with Crippen molar-refractivity contribution in [3.05, 3.63) is 24.4 Å². The second-order valence-electron chi connectivity index (χ2n) is 7.60. The molecular weight excluding hydrogens is 495 g/mol. The summed E-state index contributed by atoms with van der Waals surface area (Å²) in [6.45, 7) is 9.29. The second kappa shape index (κ2) is 12.9. The van der Waals surface area contributed by atoms with Gasteiger partial charge in [0.05, 0.1) is 13.2 Å². The lowest BCUT2D eigenvalue weighted by Gasteiger charge is -2.35. The van der Waals surface area contributed by atoms with Crippen molar-refractivity contribution >= 4 is 41.7 Å². The molecule has 30 heavy (non-hydrogen) atoms. The van der Waals surface area contributed by atoms with Crippen molar-refractivity contribution in [2.24, 2.45) is 10.9 Å². The molecule has 3 rings (SSSR count). The Labute approximate surface area is 197 Å². The molecule has 2 aliphatic heterocycles. The van der Waals surface area contributed by atoms with E-state index in [1.54, 1.807) is 7.11 Å². The Balaban J connectivity index is 0.00000320. The van der Waals surface area contributed by atoms with E-state index in [0.29, 0.717) is 18.9 Å². The van der Waals surface area contributed by atoms with Gasteiger partial charge >= 0.3 is 0 Å². The molecule has 0 aliphatic carbocycles. The van der Waals surface area contributed by atoms with Crippen LogP contribution in [-0.2, 0) is 9.53 Å². The Hall–Kier alpha value is -1.62. The number of anilines is 1. The molecule has 9 heteroatoms. The number of carbonyl (C=O) groups excluding carboxylic acids is 1. The summed E-state index contributed by atoms with van der Waals surface area (Å²) >= 11 is 0. The number of rotatable bonds is 7. The van der Waals surface area contributed by atoms with Crippen LogP contribution in [0.15, 0.2) is 29.4 Å². The lowest BCUT2D eigenvalue weighted by atomic mass is 10.1.